The van der Waals surface area contributed by atoms with E-state index in [4.69, 9.17) is 4.74 Å². The average Bonchev–Trinajstić information content (AvgIpc) is 2.70. The Morgan fingerprint density at radius 1 is 1.44 bits per heavy atom. The number of urea groups is 1. The SMILES string of the molecule is CC(C)=CCNC(=O)NCC[C@H]1CCCO1. The van der Waals surface area contributed by atoms with E-state index < -0.39 is 0 Å². The number of carbonyl (C=O) groups is 1. The number of allylic oxidation sites excluding steroid dienone is 1. The third-order valence-electron chi connectivity index (χ3n) is 2.55. The monoisotopic (exact) mass is 226 g/mol. The van der Waals surface area contributed by atoms with Crippen LogP contribution in [0.4, 0.5) is 4.79 Å². The maximum atomic E-state index is 11.3. The largest absolute Gasteiger partial charge is 0.378 e. The van der Waals surface area contributed by atoms with Gasteiger partial charge in [-0.1, -0.05) is 11.6 Å². The second-order valence-corrected chi connectivity index (χ2v) is 4.34. The summed E-state index contributed by atoms with van der Waals surface area (Å²) in [6, 6.07) is -0.101. The molecule has 0 saturated carbocycles. The van der Waals surface area contributed by atoms with Crippen LogP contribution >= 0.6 is 0 Å². The highest BCUT2D eigenvalue weighted by Gasteiger charge is 2.14. The Hall–Kier alpha value is -1.03. The maximum absolute atomic E-state index is 11.3. The third kappa shape index (κ3) is 5.75. The molecular weight excluding hydrogens is 204 g/mol. The summed E-state index contributed by atoms with van der Waals surface area (Å²) in [4.78, 5) is 11.3. The van der Waals surface area contributed by atoms with Gasteiger partial charge in [0.2, 0.25) is 0 Å². The van der Waals surface area contributed by atoms with Crippen molar-refractivity contribution in [1.82, 2.24) is 10.6 Å². The van der Waals surface area contributed by atoms with Gasteiger partial charge in [-0.05, 0) is 33.1 Å². The molecule has 4 heteroatoms. The summed E-state index contributed by atoms with van der Waals surface area (Å²) < 4.78 is 5.47. The van der Waals surface area contributed by atoms with E-state index in [-0.39, 0.29) is 6.03 Å². The predicted octanol–water partition coefficient (Wildman–Crippen LogP) is 1.82. The van der Waals surface area contributed by atoms with Crippen LogP contribution in [0.5, 0.6) is 0 Å². The lowest BCUT2D eigenvalue weighted by molar-refractivity contribution is 0.104. The Bertz CT molecular complexity index is 241. The molecule has 1 fully saturated rings. The molecule has 0 unspecified atom stereocenters. The van der Waals surface area contributed by atoms with Crippen molar-refractivity contribution in [2.75, 3.05) is 19.7 Å². The lowest BCUT2D eigenvalue weighted by Gasteiger charge is -2.10. The molecule has 4 nitrogen and oxygen atoms in total. The van der Waals surface area contributed by atoms with E-state index in [2.05, 4.69) is 10.6 Å². The van der Waals surface area contributed by atoms with Crippen molar-refractivity contribution in [3.05, 3.63) is 11.6 Å². The summed E-state index contributed by atoms with van der Waals surface area (Å²) in [6.45, 7) is 6.17. The molecule has 0 aliphatic carbocycles. The molecule has 0 bridgehead atoms. The van der Waals surface area contributed by atoms with Crippen molar-refractivity contribution in [2.45, 2.75) is 39.2 Å². The minimum absolute atomic E-state index is 0.101. The molecule has 1 saturated heterocycles. The van der Waals surface area contributed by atoms with Gasteiger partial charge in [0.25, 0.3) is 0 Å². The molecule has 0 radical (unpaired) electrons. The number of hydrogen-bond donors (Lipinski definition) is 2. The van der Waals surface area contributed by atoms with Gasteiger partial charge in [-0.25, -0.2) is 4.79 Å². The number of rotatable bonds is 5. The van der Waals surface area contributed by atoms with Crippen LogP contribution in [0.15, 0.2) is 11.6 Å². The van der Waals surface area contributed by atoms with Gasteiger partial charge in [0.05, 0.1) is 6.10 Å². The van der Waals surface area contributed by atoms with Crippen LogP contribution in [0.2, 0.25) is 0 Å². The predicted molar refractivity (Wildman–Crippen MR) is 64.4 cm³/mol. The zero-order valence-electron chi connectivity index (χ0n) is 10.2. The zero-order chi connectivity index (χ0) is 11.8. The minimum Gasteiger partial charge on any atom is -0.378 e. The minimum atomic E-state index is -0.101. The van der Waals surface area contributed by atoms with Crippen molar-refractivity contribution in [3.63, 3.8) is 0 Å². The summed E-state index contributed by atoms with van der Waals surface area (Å²) >= 11 is 0. The first kappa shape index (κ1) is 13.0. The third-order valence-corrected chi connectivity index (χ3v) is 2.55. The highest BCUT2D eigenvalue weighted by Crippen LogP contribution is 2.14. The Balaban J connectivity index is 1.99. The lowest BCUT2D eigenvalue weighted by Crippen LogP contribution is -2.37. The van der Waals surface area contributed by atoms with E-state index in [9.17, 15) is 4.79 Å². The molecule has 1 aliphatic heterocycles. The second-order valence-electron chi connectivity index (χ2n) is 4.34. The fraction of sp³-hybridized carbons (Fsp3) is 0.750. The molecule has 0 aromatic carbocycles. The smallest absolute Gasteiger partial charge is 0.315 e. The molecule has 1 rings (SSSR count). The number of hydrogen-bond acceptors (Lipinski definition) is 2. The number of carbonyl (C=O) groups excluding carboxylic acids is 1. The Labute approximate surface area is 97.4 Å². The van der Waals surface area contributed by atoms with Crippen molar-refractivity contribution in [1.29, 1.82) is 0 Å². The quantitative estimate of drug-likeness (QED) is 0.703. The van der Waals surface area contributed by atoms with E-state index in [1.165, 1.54) is 5.57 Å². The standard InChI is InChI=1S/C12H22N2O2/c1-10(2)5-7-13-12(15)14-8-6-11-4-3-9-16-11/h5,11H,3-4,6-9H2,1-2H3,(H2,13,14,15)/t11-/m1/s1. The average molecular weight is 226 g/mol. The van der Waals surface area contributed by atoms with Gasteiger partial charge in [-0.15, -0.1) is 0 Å². The molecule has 2 N–H and O–H groups in total. The van der Waals surface area contributed by atoms with Crippen molar-refractivity contribution >= 4 is 6.03 Å². The molecule has 0 spiro atoms. The van der Waals surface area contributed by atoms with Crippen LogP contribution in [-0.2, 0) is 4.74 Å². The van der Waals surface area contributed by atoms with Crippen molar-refractivity contribution in [3.8, 4) is 0 Å². The van der Waals surface area contributed by atoms with Gasteiger partial charge in [0.15, 0.2) is 0 Å². The number of amides is 2. The first-order valence-electron chi connectivity index (χ1n) is 5.95. The zero-order valence-corrected chi connectivity index (χ0v) is 10.2. The molecule has 1 aliphatic rings. The lowest BCUT2D eigenvalue weighted by atomic mass is 10.2. The van der Waals surface area contributed by atoms with Gasteiger partial charge < -0.3 is 15.4 Å². The van der Waals surface area contributed by atoms with Gasteiger partial charge in [-0.3, -0.25) is 0 Å². The fourth-order valence-electron chi connectivity index (χ4n) is 1.63. The Kier molecular flexibility index (Phi) is 5.93. The van der Waals surface area contributed by atoms with Crippen molar-refractivity contribution < 1.29 is 9.53 Å². The van der Waals surface area contributed by atoms with Gasteiger partial charge in [0, 0.05) is 19.7 Å². The summed E-state index contributed by atoms with van der Waals surface area (Å²) in [5.74, 6) is 0. The summed E-state index contributed by atoms with van der Waals surface area (Å²) in [7, 11) is 0. The van der Waals surface area contributed by atoms with Crippen LogP contribution in [0.25, 0.3) is 0 Å². The highest BCUT2D eigenvalue weighted by atomic mass is 16.5. The van der Waals surface area contributed by atoms with E-state index >= 15 is 0 Å². The first-order valence-corrected chi connectivity index (χ1v) is 5.95. The molecule has 0 aromatic rings. The molecule has 0 aromatic heterocycles. The highest BCUT2D eigenvalue weighted by molar-refractivity contribution is 5.73. The van der Waals surface area contributed by atoms with Crippen LogP contribution in [0.3, 0.4) is 0 Å². The second kappa shape index (κ2) is 7.28. The summed E-state index contributed by atoms with van der Waals surface area (Å²) in [5.41, 5.74) is 1.21. The van der Waals surface area contributed by atoms with Crippen LogP contribution in [0, 0.1) is 0 Å². The van der Waals surface area contributed by atoms with Crippen LogP contribution in [0.1, 0.15) is 33.1 Å². The topological polar surface area (TPSA) is 50.4 Å². The Morgan fingerprint density at radius 2 is 2.25 bits per heavy atom. The molecule has 1 atom stereocenters. The Morgan fingerprint density at radius 3 is 2.88 bits per heavy atom. The normalized spacial score (nSPS) is 19.2. The molecule has 2 amide bonds. The van der Waals surface area contributed by atoms with Crippen LogP contribution in [-0.4, -0.2) is 31.8 Å². The van der Waals surface area contributed by atoms with E-state index in [1.54, 1.807) is 0 Å². The number of ether oxygens (including phenoxy) is 1. The molecular formula is C12H22N2O2. The summed E-state index contributed by atoms with van der Waals surface area (Å²) in [5, 5.41) is 5.60. The van der Waals surface area contributed by atoms with Crippen molar-refractivity contribution in [2.24, 2.45) is 0 Å². The fourth-order valence-corrected chi connectivity index (χ4v) is 1.63. The van der Waals surface area contributed by atoms with Crippen LogP contribution < -0.4 is 10.6 Å². The first-order chi connectivity index (χ1) is 7.68. The van der Waals surface area contributed by atoms with E-state index in [1.807, 2.05) is 19.9 Å². The van der Waals surface area contributed by atoms with Gasteiger partial charge in [0.1, 0.15) is 0 Å². The number of nitrogens with one attached hydrogen (secondary N) is 2. The van der Waals surface area contributed by atoms with E-state index in [0.717, 1.165) is 25.9 Å². The molecule has 1 heterocycles. The summed E-state index contributed by atoms with van der Waals surface area (Å²) in [6.07, 6.45) is 5.52. The van der Waals surface area contributed by atoms with Gasteiger partial charge >= 0.3 is 6.03 Å². The maximum Gasteiger partial charge on any atom is 0.315 e. The molecule has 16 heavy (non-hydrogen) atoms. The van der Waals surface area contributed by atoms with E-state index in [0.29, 0.717) is 19.2 Å². The van der Waals surface area contributed by atoms with Gasteiger partial charge in [-0.2, -0.15) is 0 Å². The molecule has 92 valence electrons.